The summed E-state index contributed by atoms with van der Waals surface area (Å²) in [6.07, 6.45) is 2.33. The Morgan fingerprint density at radius 1 is 1.37 bits per heavy atom. The van der Waals surface area contributed by atoms with E-state index in [1.165, 1.54) is 19.4 Å². The van der Waals surface area contributed by atoms with Crippen molar-refractivity contribution in [1.82, 2.24) is 14.3 Å². The third kappa shape index (κ3) is 3.33. The molecule has 0 saturated heterocycles. The Balaban J connectivity index is 2.21. The summed E-state index contributed by atoms with van der Waals surface area (Å²) in [4.78, 5) is 7.29. The summed E-state index contributed by atoms with van der Waals surface area (Å²) in [5, 5.41) is -0.00318. The number of hydrogen-bond donors (Lipinski definition) is 0. The van der Waals surface area contributed by atoms with Crippen molar-refractivity contribution in [3.05, 3.63) is 40.2 Å². The van der Waals surface area contributed by atoms with Crippen LogP contribution in [0.15, 0.2) is 38.5 Å². The van der Waals surface area contributed by atoms with E-state index in [1.807, 2.05) is 0 Å². The van der Waals surface area contributed by atoms with Gasteiger partial charge in [0.1, 0.15) is 10.7 Å². The maximum absolute atomic E-state index is 12.2. The van der Waals surface area contributed by atoms with Crippen molar-refractivity contribution in [2.75, 3.05) is 7.05 Å². The summed E-state index contributed by atoms with van der Waals surface area (Å²) in [6.45, 7) is 0.108. The summed E-state index contributed by atoms with van der Waals surface area (Å²) >= 11 is 8.68. The van der Waals surface area contributed by atoms with Gasteiger partial charge in [0.2, 0.25) is 15.3 Å². The highest BCUT2D eigenvalue weighted by molar-refractivity contribution is 9.10. The van der Waals surface area contributed by atoms with Crippen LogP contribution in [0.2, 0.25) is 5.28 Å². The molecule has 0 amide bonds. The van der Waals surface area contributed by atoms with Gasteiger partial charge in [0.15, 0.2) is 4.67 Å². The standard InChI is InChI=1S/C10H9BrClN3O3S/c1-15(6-7-2-3-9(11)18-7)19(16,17)8-4-13-10(12)14-5-8/h2-5H,6H2,1H3. The van der Waals surface area contributed by atoms with E-state index >= 15 is 0 Å². The number of aromatic nitrogens is 2. The van der Waals surface area contributed by atoms with Gasteiger partial charge in [0, 0.05) is 7.05 Å². The molecule has 0 atom stereocenters. The first-order chi connectivity index (χ1) is 8.89. The van der Waals surface area contributed by atoms with Gasteiger partial charge in [-0.05, 0) is 39.7 Å². The van der Waals surface area contributed by atoms with Crippen LogP contribution in [-0.2, 0) is 16.6 Å². The average molecular weight is 367 g/mol. The third-order valence-electron chi connectivity index (χ3n) is 2.31. The second-order valence-electron chi connectivity index (χ2n) is 3.65. The highest BCUT2D eigenvalue weighted by Gasteiger charge is 2.22. The minimum Gasteiger partial charge on any atom is -0.453 e. The van der Waals surface area contributed by atoms with E-state index in [4.69, 9.17) is 16.0 Å². The van der Waals surface area contributed by atoms with Crippen LogP contribution in [0.1, 0.15) is 5.76 Å². The van der Waals surface area contributed by atoms with E-state index in [0.29, 0.717) is 10.4 Å². The van der Waals surface area contributed by atoms with Gasteiger partial charge in [0.05, 0.1) is 18.9 Å². The van der Waals surface area contributed by atoms with Crippen LogP contribution in [0.4, 0.5) is 0 Å². The Morgan fingerprint density at radius 3 is 2.53 bits per heavy atom. The predicted octanol–water partition coefficient (Wildman–Crippen LogP) is 2.31. The Labute approximate surface area is 123 Å². The average Bonchev–Trinajstić information content (AvgIpc) is 2.75. The maximum atomic E-state index is 12.2. The molecule has 6 nitrogen and oxygen atoms in total. The molecule has 0 aliphatic carbocycles. The first-order valence-corrected chi connectivity index (χ1v) is 7.69. The quantitative estimate of drug-likeness (QED) is 0.776. The zero-order chi connectivity index (χ0) is 14.0. The van der Waals surface area contributed by atoms with Crippen molar-refractivity contribution < 1.29 is 12.8 Å². The van der Waals surface area contributed by atoms with Crippen molar-refractivity contribution in [1.29, 1.82) is 0 Å². The van der Waals surface area contributed by atoms with Crippen LogP contribution in [0, 0.1) is 0 Å². The second-order valence-corrected chi connectivity index (χ2v) is 6.82. The lowest BCUT2D eigenvalue weighted by atomic mass is 10.4. The van der Waals surface area contributed by atoms with Crippen molar-refractivity contribution in [2.45, 2.75) is 11.4 Å². The molecule has 0 aliphatic heterocycles. The summed E-state index contributed by atoms with van der Waals surface area (Å²) < 4.78 is 31.4. The SMILES string of the molecule is CN(Cc1ccc(Br)o1)S(=O)(=O)c1cnc(Cl)nc1. The molecule has 0 unspecified atom stereocenters. The molecule has 0 saturated carbocycles. The molecule has 0 aliphatic rings. The molecule has 2 aromatic rings. The molecule has 0 N–H and O–H groups in total. The van der Waals surface area contributed by atoms with Crippen molar-refractivity contribution >= 4 is 37.6 Å². The van der Waals surface area contributed by atoms with Crippen LogP contribution in [0.5, 0.6) is 0 Å². The molecule has 0 fully saturated rings. The molecule has 102 valence electrons. The second kappa shape index (κ2) is 5.58. The lowest BCUT2D eigenvalue weighted by Gasteiger charge is -2.15. The topological polar surface area (TPSA) is 76.3 Å². The minimum absolute atomic E-state index is 0.00318. The summed E-state index contributed by atoms with van der Waals surface area (Å²) in [5.74, 6) is 0.521. The third-order valence-corrected chi connectivity index (χ3v) is 4.69. The smallest absolute Gasteiger partial charge is 0.246 e. The summed E-state index contributed by atoms with van der Waals surface area (Å²) in [7, 11) is -2.23. The van der Waals surface area contributed by atoms with Gasteiger partial charge < -0.3 is 4.42 Å². The van der Waals surface area contributed by atoms with Crippen LogP contribution in [0.25, 0.3) is 0 Å². The number of halogens is 2. The van der Waals surface area contributed by atoms with E-state index in [1.54, 1.807) is 12.1 Å². The van der Waals surface area contributed by atoms with Crippen LogP contribution >= 0.6 is 27.5 Å². The number of nitrogens with zero attached hydrogens (tertiary/aromatic N) is 3. The fraction of sp³-hybridized carbons (Fsp3) is 0.200. The van der Waals surface area contributed by atoms with Crippen LogP contribution in [0.3, 0.4) is 0 Å². The molecule has 2 heterocycles. The van der Waals surface area contributed by atoms with Gasteiger partial charge >= 0.3 is 0 Å². The molecule has 2 rings (SSSR count). The predicted molar refractivity (Wildman–Crippen MR) is 72.1 cm³/mol. The zero-order valence-electron chi connectivity index (χ0n) is 9.75. The van der Waals surface area contributed by atoms with Crippen molar-refractivity contribution in [3.8, 4) is 0 Å². The Kier molecular flexibility index (Phi) is 4.24. The van der Waals surface area contributed by atoms with E-state index in [2.05, 4.69) is 25.9 Å². The highest BCUT2D eigenvalue weighted by Crippen LogP contribution is 2.19. The number of rotatable bonds is 4. The minimum atomic E-state index is -3.67. The van der Waals surface area contributed by atoms with E-state index in [9.17, 15) is 8.42 Å². The molecule has 0 aromatic carbocycles. The first-order valence-electron chi connectivity index (χ1n) is 5.07. The molecule has 9 heteroatoms. The Hall–Kier alpha value is -0.960. The van der Waals surface area contributed by atoms with Crippen molar-refractivity contribution in [3.63, 3.8) is 0 Å². The fourth-order valence-corrected chi connectivity index (χ4v) is 2.82. The van der Waals surface area contributed by atoms with Crippen LogP contribution in [-0.4, -0.2) is 29.7 Å². The molecule has 2 aromatic heterocycles. The van der Waals surface area contributed by atoms with Gasteiger partial charge in [-0.3, -0.25) is 0 Å². The Bertz CT molecular complexity index is 672. The fourth-order valence-electron chi connectivity index (χ4n) is 1.35. The van der Waals surface area contributed by atoms with E-state index in [0.717, 1.165) is 4.31 Å². The van der Waals surface area contributed by atoms with Gasteiger partial charge in [-0.25, -0.2) is 18.4 Å². The first kappa shape index (κ1) is 14.4. The Morgan fingerprint density at radius 2 is 2.00 bits per heavy atom. The van der Waals surface area contributed by atoms with E-state index in [-0.39, 0.29) is 16.7 Å². The molecule has 0 radical (unpaired) electrons. The number of furan rings is 1. The van der Waals surface area contributed by atoms with E-state index < -0.39 is 10.0 Å². The van der Waals surface area contributed by atoms with Crippen LogP contribution < -0.4 is 0 Å². The number of sulfonamides is 1. The lowest BCUT2D eigenvalue weighted by molar-refractivity contribution is 0.398. The molecular weight excluding hydrogens is 358 g/mol. The van der Waals surface area contributed by atoms with Gasteiger partial charge in [-0.15, -0.1) is 0 Å². The van der Waals surface area contributed by atoms with Gasteiger partial charge in [-0.1, -0.05) is 0 Å². The molecule has 0 bridgehead atoms. The van der Waals surface area contributed by atoms with Gasteiger partial charge in [-0.2, -0.15) is 4.31 Å². The maximum Gasteiger partial charge on any atom is 0.246 e. The normalized spacial score (nSPS) is 12.0. The van der Waals surface area contributed by atoms with Crippen molar-refractivity contribution in [2.24, 2.45) is 0 Å². The monoisotopic (exact) mass is 365 g/mol. The molecule has 0 spiro atoms. The largest absolute Gasteiger partial charge is 0.453 e. The lowest BCUT2D eigenvalue weighted by Crippen LogP contribution is -2.26. The summed E-state index contributed by atoms with van der Waals surface area (Å²) in [6, 6.07) is 3.38. The summed E-state index contributed by atoms with van der Waals surface area (Å²) in [5.41, 5.74) is 0. The highest BCUT2D eigenvalue weighted by atomic mass is 79.9. The zero-order valence-corrected chi connectivity index (χ0v) is 12.9. The molecular formula is C10H9BrClN3O3S. The molecule has 19 heavy (non-hydrogen) atoms. The number of hydrogen-bond acceptors (Lipinski definition) is 5. The van der Waals surface area contributed by atoms with Gasteiger partial charge in [0.25, 0.3) is 0 Å².